The van der Waals surface area contributed by atoms with Crippen molar-refractivity contribution in [2.24, 2.45) is 0 Å². The van der Waals surface area contributed by atoms with E-state index in [1.807, 2.05) is 0 Å². The zero-order chi connectivity index (χ0) is 11.4. The van der Waals surface area contributed by atoms with Gasteiger partial charge in [0.25, 0.3) is 0 Å². The van der Waals surface area contributed by atoms with Gasteiger partial charge in [-0.25, -0.2) is 4.39 Å². The summed E-state index contributed by atoms with van der Waals surface area (Å²) >= 11 is 0. The Morgan fingerprint density at radius 2 is 2.20 bits per heavy atom. The fourth-order valence-electron chi connectivity index (χ4n) is 1.25. The van der Waals surface area contributed by atoms with Crippen LogP contribution in [0.2, 0.25) is 0 Å². The summed E-state index contributed by atoms with van der Waals surface area (Å²) in [6.45, 7) is 0. The molecule has 0 saturated carbocycles. The van der Waals surface area contributed by atoms with Crippen molar-refractivity contribution in [2.45, 2.75) is 12.8 Å². The Labute approximate surface area is 85.9 Å². The lowest BCUT2D eigenvalue weighted by Gasteiger charge is -2.09. The molecular weight excluding hydrogens is 203 g/mol. The zero-order valence-corrected chi connectivity index (χ0v) is 8.16. The summed E-state index contributed by atoms with van der Waals surface area (Å²) in [6, 6.07) is 2.56. The molecule has 0 fully saturated rings. The number of methoxy groups -OCH3 is 1. The minimum absolute atomic E-state index is 0.0151. The van der Waals surface area contributed by atoms with Crippen LogP contribution in [0.4, 0.5) is 4.39 Å². The number of hydrogen-bond acceptors (Lipinski definition) is 3. The molecule has 2 N–H and O–H groups in total. The van der Waals surface area contributed by atoms with Gasteiger partial charge in [0.05, 0.1) is 7.11 Å². The van der Waals surface area contributed by atoms with Crippen LogP contribution in [0, 0.1) is 5.82 Å². The molecule has 1 rings (SSSR count). The van der Waals surface area contributed by atoms with Crippen molar-refractivity contribution in [1.82, 2.24) is 0 Å². The predicted octanol–water partition coefficient (Wildman–Crippen LogP) is 1.56. The number of benzene rings is 1. The summed E-state index contributed by atoms with van der Waals surface area (Å²) in [4.78, 5) is 10.3. The monoisotopic (exact) mass is 214 g/mol. The fourth-order valence-corrected chi connectivity index (χ4v) is 1.25. The molecule has 0 aromatic heterocycles. The molecule has 0 amide bonds. The van der Waals surface area contributed by atoms with Gasteiger partial charge in [-0.1, -0.05) is 0 Å². The lowest BCUT2D eigenvalue weighted by Crippen LogP contribution is -2.02. The maximum Gasteiger partial charge on any atom is 0.303 e. The minimum Gasteiger partial charge on any atom is -0.505 e. The predicted molar refractivity (Wildman–Crippen MR) is 50.6 cm³/mol. The zero-order valence-electron chi connectivity index (χ0n) is 8.16. The van der Waals surface area contributed by atoms with Crippen LogP contribution in [0.5, 0.6) is 11.5 Å². The molecule has 0 heterocycles. The lowest BCUT2D eigenvalue weighted by molar-refractivity contribution is -0.136. The van der Waals surface area contributed by atoms with Gasteiger partial charge in [-0.2, -0.15) is 0 Å². The Balaban J connectivity index is 3.01. The fraction of sp³-hybridized carbons (Fsp3) is 0.300. The molecule has 0 saturated heterocycles. The van der Waals surface area contributed by atoms with Gasteiger partial charge in [0.1, 0.15) is 5.75 Å². The first-order valence-corrected chi connectivity index (χ1v) is 4.32. The average molecular weight is 214 g/mol. The number of ether oxygens (including phenoxy) is 1. The van der Waals surface area contributed by atoms with E-state index in [0.29, 0.717) is 0 Å². The molecule has 0 bridgehead atoms. The number of halogens is 1. The highest BCUT2D eigenvalue weighted by Crippen LogP contribution is 2.28. The molecule has 0 spiro atoms. The van der Waals surface area contributed by atoms with Crippen molar-refractivity contribution in [1.29, 1.82) is 0 Å². The largest absolute Gasteiger partial charge is 0.505 e. The van der Waals surface area contributed by atoms with Crippen molar-refractivity contribution < 1.29 is 24.1 Å². The summed E-state index contributed by atoms with van der Waals surface area (Å²) < 4.78 is 18.2. The van der Waals surface area contributed by atoms with Crippen molar-refractivity contribution in [2.75, 3.05) is 7.11 Å². The molecule has 1 aromatic rings. The molecule has 0 aliphatic carbocycles. The van der Waals surface area contributed by atoms with E-state index in [-0.39, 0.29) is 24.2 Å². The van der Waals surface area contributed by atoms with Gasteiger partial charge < -0.3 is 14.9 Å². The van der Waals surface area contributed by atoms with Gasteiger partial charge in [-0.15, -0.1) is 0 Å². The van der Waals surface area contributed by atoms with E-state index in [4.69, 9.17) is 14.9 Å². The summed E-state index contributed by atoms with van der Waals surface area (Å²) in [7, 11) is 1.36. The molecule has 0 radical (unpaired) electrons. The standard InChI is InChI=1S/C10H11FO4/c1-15-8-4-3-7(12)10(11)6(8)2-5-9(13)14/h3-4,12H,2,5H2,1H3,(H,13,14). The minimum atomic E-state index is -1.03. The van der Waals surface area contributed by atoms with E-state index < -0.39 is 17.5 Å². The third-order valence-corrected chi connectivity index (χ3v) is 1.99. The van der Waals surface area contributed by atoms with E-state index in [2.05, 4.69) is 0 Å². The molecule has 0 aliphatic heterocycles. The number of phenols is 1. The van der Waals surface area contributed by atoms with E-state index in [1.165, 1.54) is 19.2 Å². The molecule has 0 aliphatic rings. The van der Waals surface area contributed by atoms with Gasteiger partial charge in [0, 0.05) is 12.0 Å². The van der Waals surface area contributed by atoms with E-state index in [9.17, 15) is 9.18 Å². The Bertz CT molecular complexity index is 376. The maximum atomic E-state index is 13.4. The highest BCUT2D eigenvalue weighted by atomic mass is 19.1. The van der Waals surface area contributed by atoms with Crippen LogP contribution in [0.15, 0.2) is 12.1 Å². The van der Waals surface area contributed by atoms with E-state index in [0.717, 1.165) is 0 Å². The summed E-state index contributed by atoms with van der Waals surface area (Å²) in [5, 5.41) is 17.6. The van der Waals surface area contributed by atoms with Crippen LogP contribution in [-0.4, -0.2) is 23.3 Å². The molecule has 5 heteroatoms. The molecule has 82 valence electrons. The Morgan fingerprint density at radius 3 is 2.73 bits per heavy atom. The number of aromatic hydroxyl groups is 1. The summed E-state index contributed by atoms with van der Waals surface area (Å²) in [5.41, 5.74) is 0.0832. The number of carboxylic acids is 1. The second-order valence-electron chi connectivity index (χ2n) is 2.97. The summed E-state index contributed by atoms with van der Waals surface area (Å²) in [5.74, 6) is -2.11. The van der Waals surface area contributed by atoms with Crippen molar-refractivity contribution in [3.8, 4) is 11.5 Å². The topological polar surface area (TPSA) is 66.8 Å². The number of carbonyl (C=O) groups is 1. The van der Waals surface area contributed by atoms with Crippen LogP contribution in [0.25, 0.3) is 0 Å². The van der Waals surface area contributed by atoms with Gasteiger partial charge in [0.2, 0.25) is 0 Å². The first-order valence-electron chi connectivity index (χ1n) is 4.32. The van der Waals surface area contributed by atoms with Crippen LogP contribution < -0.4 is 4.74 Å². The van der Waals surface area contributed by atoms with Crippen LogP contribution >= 0.6 is 0 Å². The Kier molecular flexibility index (Phi) is 3.49. The highest BCUT2D eigenvalue weighted by molar-refractivity contribution is 5.67. The third kappa shape index (κ3) is 2.59. The second-order valence-corrected chi connectivity index (χ2v) is 2.97. The average Bonchev–Trinajstić information content (AvgIpc) is 2.20. The normalized spacial score (nSPS) is 10.0. The van der Waals surface area contributed by atoms with Gasteiger partial charge >= 0.3 is 5.97 Å². The number of phenolic OH excluding ortho intramolecular Hbond substituents is 1. The first-order chi connectivity index (χ1) is 7.06. The SMILES string of the molecule is COc1ccc(O)c(F)c1CCC(=O)O. The third-order valence-electron chi connectivity index (χ3n) is 1.99. The number of aliphatic carboxylic acids is 1. The molecule has 15 heavy (non-hydrogen) atoms. The molecule has 1 aromatic carbocycles. The highest BCUT2D eigenvalue weighted by Gasteiger charge is 2.14. The van der Waals surface area contributed by atoms with Crippen molar-refractivity contribution in [3.05, 3.63) is 23.5 Å². The molecule has 0 atom stereocenters. The van der Waals surface area contributed by atoms with E-state index >= 15 is 0 Å². The van der Waals surface area contributed by atoms with Crippen LogP contribution in [0.1, 0.15) is 12.0 Å². The molecule has 4 nitrogen and oxygen atoms in total. The maximum absolute atomic E-state index is 13.4. The number of rotatable bonds is 4. The Hall–Kier alpha value is -1.78. The van der Waals surface area contributed by atoms with Crippen LogP contribution in [-0.2, 0) is 11.2 Å². The molecule has 0 unspecified atom stereocenters. The second kappa shape index (κ2) is 4.63. The molecular formula is C10H11FO4. The Morgan fingerprint density at radius 1 is 1.53 bits per heavy atom. The number of carboxylic acid groups (broad SMARTS) is 1. The quantitative estimate of drug-likeness (QED) is 0.798. The lowest BCUT2D eigenvalue weighted by atomic mass is 10.1. The number of hydrogen-bond donors (Lipinski definition) is 2. The van der Waals surface area contributed by atoms with Crippen molar-refractivity contribution >= 4 is 5.97 Å². The smallest absolute Gasteiger partial charge is 0.303 e. The van der Waals surface area contributed by atoms with Gasteiger partial charge in [-0.3, -0.25) is 4.79 Å². The van der Waals surface area contributed by atoms with E-state index in [1.54, 1.807) is 0 Å². The van der Waals surface area contributed by atoms with Crippen molar-refractivity contribution in [3.63, 3.8) is 0 Å². The summed E-state index contributed by atoms with van der Waals surface area (Å²) in [6.07, 6.45) is -0.227. The van der Waals surface area contributed by atoms with Gasteiger partial charge in [-0.05, 0) is 18.6 Å². The van der Waals surface area contributed by atoms with Crippen LogP contribution in [0.3, 0.4) is 0 Å². The first kappa shape index (κ1) is 11.3. The van der Waals surface area contributed by atoms with Gasteiger partial charge in [0.15, 0.2) is 11.6 Å².